The standard InChI is InChI=1S/C24H27FN6O3/c25-16-5-11-19(12-6-16)31-21(22(26)32)15-20(29-31)23(33)27-17-7-9-18(10-8-17)28-24(34)30-13-3-1-2-4-14-30/h5-12,21H,1-4,13-15H2,(H2,26,32)(H,27,33)(H,28,34). The molecule has 0 bridgehead atoms. The van der Waals surface area contributed by atoms with Crippen molar-refractivity contribution in [1.29, 1.82) is 0 Å². The number of nitrogens with zero attached hydrogens (tertiary/aromatic N) is 3. The van der Waals surface area contributed by atoms with Crippen LogP contribution in [0.2, 0.25) is 0 Å². The van der Waals surface area contributed by atoms with E-state index in [9.17, 15) is 18.8 Å². The molecule has 178 valence electrons. The van der Waals surface area contributed by atoms with Gasteiger partial charge in [0.2, 0.25) is 5.91 Å². The lowest BCUT2D eigenvalue weighted by molar-refractivity contribution is -0.119. The number of amides is 4. The van der Waals surface area contributed by atoms with Crippen LogP contribution in [-0.4, -0.2) is 47.6 Å². The first-order valence-corrected chi connectivity index (χ1v) is 11.3. The molecule has 2 aliphatic rings. The van der Waals surface area contributed by atoms with Gasteiger partial charge in [-0.1, -0.05) is 12.8 Å². The van der Waals surface area contributed by atoms with E-state index in [1.54, 1.807) is 24.3 Å². The third kappa shape index (κ3) is 5.51. The molecule has 9 nitrogen and oxygen atoms in total. The fourth-order valence-corrected chi connectivity index (χ4v) is 4.02. The molecule has 1 atom stereocenters. The number of halogens is 1. The molecule has 0 aliphatic carbocycles. The van der Waals surface area contributed by atoms with Gasteiger partial charge in [0.1, 0.15) is 17.6 Å². The zero-order valence-electron chi connectivity index (χ0n) is 18.7. The number of primary amides is 1. The second kappa shape index (κ2) is 10.3. The fraction of sp³-hybridized carbons (Fsp3) is 0.333. The van der Waals surface area contributed by atoms with E-state index < -0.39 is 23.7 Å². The highest BCUT2D eigenvalue weighted by Crippen LogP contribution is 2.25. The summed E-state index contributed by atoms with van der Waals surface area (Å²) >= 11 is 0. The normalized spacial score (nSPS) is 18.1. The van der Waals surface area contributed by atoms with Gasteiger partial charge >= 0.3 is 6.03 Å². The minimum atomic E-state index is -0.845. The van der Waals surface area contributed by atoms with Gasteiger partial charge in [-0.05, 0) is 61.4 Å². The molecular formula is C24H27FN6O3. The molecule has 2 aromatic rings. The maximum Gasteiger partial charge on any atom is 0.321 e. The van der Waals surface area contributed by atoms with E-state index >= 15 is 0 Å². The second-order valence-electron chi connectivity index (χ2n) is 8.35. The highest BCUT2D eigenvalue weighted by molar-refractivity contribution is 6.44. The second-order valence-corrected chi connectivity index (χ2v) is 8.35. The first kappa shape index (κ1) is 23.2. The minimum absolute atomic E-state index is 0.0303. The molecule has 0 radical (unpaired) electrons. The maximum atomic E-state index is 13.3. The number of carbonyl (C=O) groups is 3. The summed E-state index contributed by atoms with van der Waals surface area (Å²) in [5.41, 5.74) is 7.22. The average Bonchev–Trinajstić information content (AvgIpc) is 3.09. The van der Waals surface area contributed by atoms with Crippen LogP contribution < -0.4 is 21.4 Å². The van der Waals surface area contributed by atoms with Gasteiger partial charge in [0.25, 0.3) is 5.91 Å². The van der Waals surface area contributed by atoms with Crippen LogP contribution in [0.1, 0.15) is 32.1 Å². The third-order valence-electron chi connectivity index (χ3n) is 5.88. The molecule has 0 spiro atoms. The minimum Gasteiger partial charge on any atom is -0.368 e. The third-order valence-corrected chi connectivity index (χ3v) is 5.88. The number of anilines is 3. The van der Waals surface area contributed by atoms with Crippen LogP contribution in [-0.2, 0) is 9.59 Å². The van der Waals surface area contributed by atoms with Crippen LogP contribution in [0.4, 0.5) is 26.2 Å². The van der Waals surface area contributed by atoms with Gasteiger partial charge in [0.05, 0.1) is 5.69 Å². The average molecular weight is 467 g/mol. The Kier molecular flexibility index (Phi) is 7.05. The summed E-state index contributed by atoms with van der Waals surface area (Å²) < 4.78 is 13.3. The summed E-state index contributed by atoms with van der Waals surface area (Å²) in [5, 5.41) is 11.2. The van der Waals surface area contributed by atoms with Crippen molar-refractivity contribution >= 4 is 40.6 Å². The van der Waals surface area contributed by atoms with E-state index in [-0.39, 0.29) is 18.2 Å². The quantitative estimate of drug-likeness (QED) is 0.626. The van der Waals surface area contributed by atoms with E-state index in [1.165, 1.54) is 29.3 Å². The SMILES string of the molecule is NC(=O)C1CC(C(=O)Nc2ccc(NC(=O)N3CCCCCC3)cc2)=NN1c1ccc(F)cc1. The first-order chi connectivity index (χ1) is 16.4. The molecule has 1 fully saturated rings. The van der Waals surface area contributed by atoms with Crippen molar-refractivity contribution in [3.8, 4) is 0 Å². The van der Waals surface area contributed by atoms with Crippen LogP contribution in [0.25, 0.3) is 0 Å². The van der Waals surface area contributed by atoms with Gasteiger partial charge in [-0.2, -0.15) is 5.10 Å². The summed E-state index contributed by atoms with van der Waals surface area (Å²) in [4.78, 5) is 39.0. The van der Waals surface area contributed by atoms with Gasteiger partial charge in [-0.15, -0.1) is 0 Å². The molecule has 4 rings (SSSR count). The van der Waals surface area contributed by atoms with Crippen LogP contribution >= 0.6 is 0 Å². The van der Waals surface area contributed by atoms with Crippen molar-refractivity contribution in [3.05, 3.63) is 54.3 Å². The molecule has 2 heterocycles. The lowest BCUT2D eigenvalue weighted by Crippen LogP contribution is -2.39. The van der Waals surface area contributed by atoms with Crippen molar-refractivity contribution in [3.63, 3.8) is 0 Å². The molecule has 0 saturated carbocycles. The lowest BCUT2D eigenvalue weighted by atomic mass is 10.1. The molecule has 2 aliphatic heterocycles. The molecule has 34 heavy (non-hydrogen) atoms. The fourth-order valence-electron chi connectivity index (χ4n) is 4.02. The summed E-state index contributed by atoms with van der Waals surface area (Å²) in [5.74, 6) is -1.54. The van der Waals surface area contributed by atoms with Crippen LogP contribution in [0.15, 0.2) is 53.6 Å². The van der Waals surface area contributed by atoms with Crippen LogP contribution in [0, 0.1) is 5.82 Å². The highest BCUT2D eigenvalue weighted by Gasteiger charge is 2.35. The van der Waals surface area contributed by atoms with E-state index in [1.807, 2.05) is 4.90 Å². The Hall–Kier alpha value is -3.95. The summed E-state index contributed by atoms with van der Waals surface area (Å²) in [6.07, 6.45) is 4.34. The smallest absolute Gasteiger partial charge is 0.321 e. The van der Waals surface area contributed by atoms with E-state index in [0.29, 0.717) is 17.1 Å². The number of benzene rings is 2. The van der Waals surface area contributed by atoms with Crippen molar-refractivity contribution in [2.45, 2.75) is 38.1 Å². The predicted octanol–water partition coefficient (Wildman–Crippen LogP) is 3.29. The monoisotopic (exact) mass is 466 g/mol. The van der Waals surface area contributed by atoms with Crippen molar-refractivity contribution in [1.82, 2.24) is 4.90 Å². The summed E-state index contributed by atoms with van der Waals surface area (Å²) in [6.45, 7) is 1.51. The van der Waals surface area contributed by atoms with Gasteiger partial charge in [-0.25, -0.2) is 9.18 Å². The van der Waals surface area contributed by atoms with E-state index in [0.717, 1.165) is 38.8 Å². The summed E-state index contributed by atoms with van der Waals surface area (Å²) in [7, 11) is 0. The number of nitrogens with one attached hydrogen (secondary N) is 2. The Bertz CT molecular complexity index is 1080. The Morgan fingerprint density at radius 3 is 2.06 bits per heavy atom. The zero-order chi connectivity index (χ0) is 24.1. The van der Waals surface area contributed by atoms with E-state index in [4.69, 9.17) is 5.73 Å². The number of hydrazone groups is 1. The first-order valence-electron chi connectivity index (χ1n) is 11.3. The van der Waals surface area contributed by atoms with Gasteiger partial charge < -0.3 is 21.3 Å². The number of carbonyl (C=O) groups excluding carboxylic acids is 3. The number of rotatable bonds is 5. The summed E-state index contributed by atoms with van der Waals surface area (Å²) in [6, 6.07) is 11.2. The van der Waals surface area contributed by atoms with Gasteiger partial charge in [-0.3, -0.25) is 14.6 Å². The van der Waals surface area contributed by atoms with E-state index in [2.05, 4.69) is 15.7 Å². The van der Waals surface area contributed by atoms with Crippen molar-refractivity contribution in [2.75, 3.05) is 28.7 Å². The molecule has 0 aromatic heterocycles. The highest BCUT2D eigenvalue weighted by atomic mass is 19.1. The Morgan fingerprint density at radius 2 is 1.47 bits per heavy atom. The largest absolute Gasteiger partial charge is 0.368 e. The maximum absolute atomic E-state index is 13.3. The lowest BCUT2D eigenvalue weighted by Gasteiger charge is -2.20. The Balaban J connectivity index is 1.39. The molecule has 1 unspecified atom stereocenters. The Morgan fingerprint density at radius 1 is 0.882 bits per heavy atom. The molecule has 10 heteroatoms. The van der Waals surface area contributed by atoms with Gasteiger partial charge in [0.15, 0.2) is 0 Å². The molecule has 1 saturated heterocycles. The topological polar surface area (TPSA) is 120 Å². The number of urea groups is 1. The molecule has 4 amide bonds. The number of likely N-dealkylation sites (tertiary alicyclic amines) is 1. The zero-order valence-corrected chi connectivity index (χ0v) is 18.7. The number of hydrogen-bond acceptors (Lipinski definition) is 5. The molecular weight excluding hydrogens is 439 g/mol. The van der Waals surface area contributed by atoms with Crippen LogP contribution in [0.3, 0.4) is 0 Å². The predicted molar refractivity (Wildman–Crippen MR) is 128 cm³/mol. The van der Waals surface area contributed by atoms with Gasteiger partial charge in [0, 0.05) is 30.9 Å². The van der Waals surface area contributed by atoms with Crippen molar-refractivity contribution < 1.29 is 18.8 Å². The molecule has 2 aromatic carbocycles. The number of hydrogen-bond donors (Lipinski definition) is 3. The van der Waals surface area contributed by atoms with Crippen LogP contribution in [0.5, 0.6) is 0 Å². The molecule has 4 N–H and O–H groups in total. The Labute approximate surface area is 196 Å². The van der Waals surface area contributed by atoms with Crippen molar-refractivity contribution in [2.24, 2.45) is 10.8 Å². The number of nitrogens with two attached hydrogens (primary N) is 1.